The van der Waals surface area contributed by atoms with E-state index in [0.29, 0.717) is 5.92 Å². The highest BCUT2D eigenvalue weighted by molar-refractivity contribution is 5.76. The third-order valence-electron chi connectivity index (χ3n) is 6.35. The Labute approximate surface area is 203 Å². The molecule has 184 valence electrons. The molecule has 0 atom stereocenters. The molecule has 0 bridgehead atoms. The van der Waals surface area contributed by atoms with Gasteiger partial charge in [0.15, 0.2) is 0 Å². The fraction of sp³-hybridized carbons (Fsp3) is 0.500. The highest BCUT2D eigenvalue weighted by Gasteiger charge is 2.25. The molecule has 0 spiro atoms. The number of rotatable bonds is 9. The van der Waals surface area contributed by atoms with Gasteiger partial charge in [-0.15, -0.1) is 0 Å². The number of para-hydroxylation sites is 2. The van der Waals surface area contributed by atoms with E-state index in [9.17, 15) is 4.79 Å². The molecule has 0 radical (unpaired) electrons. The Bertz CT molecular complexity index is 1010. The Morgan fingerprint density at radius 3 is 2.35 bits per heavy atom. The molecule has 6 heteroatoms. The summed E-state index contributed by atoms with van der Waals surface area (Å²) in [5, 5.41) is 7.99. The number of carboxylic acids is 1. The maximum absolute atomic E-state index is 9.70. The number of likely N-dealkylation sites (tertiary alicyclic amines) is 1. The van der Waals surface area contributed by atoms with Crippen LogP contribution in [0.5, 0.6) is 0 Å². The first kappa shape index (κ1) is 25.9. The van der Waals surface area contributed by atoms with E-state index in [4.69, 9.17) is 14.8 Å². The molecule has 4 rings (SSSR count). The Balaban J connectivity index is 0.000000481. The van der Waals surface area contributed by atoms with Gasteiger partial charge in [-0.05, 0) is 57.0 Å². The van der Waals surface area contributed by atoms with E-state index in [1.54, 1.807) is 13.8 Å². The van der Waals surface area contributed by atoms with Gasteiger partial charge in [0.25, 0.3) is 0 Å². The Hall–Kier alpha value is -2.70. The van der Waals surface area contributed by atoms with Gasteiger partial charge in [0.2, 0.25) is 0 Å². The number of ether oxygens (including phenoxy) is 1. The van der Waals surface area contributed by atoms with Crippen molar-refractivity contribution in [2.45, 2.75) is 52.5 Å². The average Bonchev–Trinajstić information content (AvgIpc) is 3.23. The average molecular weight is 466 g/mol. The van der Waals surface area contributed by atoms with Crippen LogP contribution in [-0.2, 0) is 22.5 Å². The van der Waals surface area contributed by atoms with E-state index in [1.165, 1.54) is 29.7 Å². The van der Waals surface area contributed by atoms with Crippen molar-refractivity contribution < 1.29 is 14.6 Å². The normalized spacial score (nSPS) is 14.8. The first-order valence-corrected chi connectivity index (χ1v) is 12.5. The van der Waals surface area contributed by atoms with Gasteiger partial charge in [0, 0.05) is 25.6 Å². The number of aromatic nitrogens is 2. The lowest BCUT2D eigenvalue weighted by molar-refractivity contribution is -0.140. The first-order valence-electron chi connectivity index (χ1n) is 12.5. The molecule has 0 saturated carbocycles. The highest BCUT2D eigenvalue weighted by atomic mass is 16.5. The number of hydrogen-bond donors (Lipinski definition) is 1. The number of imidazole rings is 1. The predicted molar refractivity (Wildman–Crippen MR) is 137 cm³/mol. The van der Waals surface area contributed by atoms with Crippen LogP contribution in [0.4, 0.5) is 0 Å². The highest BCUT2D eigenvalue weighted by Crippen LogP contribution is 2.30. The van der Waals surface area contributed by atoms with E-state index in [0.717, 1.165) is 51.3 Å². The molecule has 0 unspecified atom stereocenters. The number of carbonyl (C=O) groups is 1. The summed E-state index contributed by atoms with van der Waals surface area (Å²) < 4.78 is 8.03. The lowest BCUT2D eigenvalue weighted by Crippen LogP contribution is -2.35. The Kier molecular flexibility index (Phi) is 10.1. The van der Waals surface area contributed by atoms with E-state index >= 15 is 0 Å². The van der Waals surface area contributed by atoms with Crippen LogP contribution in [0.25, 0.3) is 11.0 Å². The topological polar surface area (TPSA) is 67.6 Å². The van der Waals surface area contributed by atoms with Crippen molar-refractivity contribution in [2.24, 2.45) is 5.92 Å². The fourth-order valence-corrected chi connectivity index (χ4v) is 4.29. The minimum Gasteiger partial charge on any atom is -0.481 e. The molecule has 1 aliphatic heterocycles. The second kappa shape index (κ2) is 13.3. The summed E-state index contributed by atoms with van der Waals surface area (Å²) in [5.74, 6) is 0.825. The first-order chi connectivity index (χ1) is 16.5. The molecule has 1 fully saturated rings. The van der Waals surface area contributed by atoms with Crippen molar-refractivity contribution in [3.63, 3.8) is 0 Å². The lowest BCUT2D eigenvalue weighted by atomic mass is 9.95. The summed E-state index contributed by atoms with van der Waals surface area (Å²) in [4.78, 5) is 17.3. The Morgan fingerprint density at radius 1 is 1.06 bits per heavy atom. The number of nitrogens with zero attached hydrogens (tertiary/aromatic N) is 3. The van der Waals surface area contributed by atoms with Crippen molar-refractivity contribution >= 4 is 17.0 Å². The molecule has 6 nitrogen and oxygen atoms in total. The summed E-state index contributed by atoms with van der Waals surface area (Å²) >= 11 is 0. The van der Waals surface area contributed by atoms with Gasteiger partial charge >= 0.3 is 5.97 Å². The molecule has 1 aliphatic rings. The summed E-state index contributed by atoms with van der Waals surface area (Å²) in [6.07, 6.45) is 3.51. The largest absolute Gasteiger partial charge is 0.481 e. The van der Waals surface area contributed by atoms with E-state index in [1.807, 2.05) is 0 Å². The van der Waals surface area contributed by atoms with Gasteiger partial charge in [-0.1, -0.05) is 56.3 Å². The van der Waals surface area contributed by atoms with Crippen LogP contribution in [0.1, 0.15) is 50.9 Å². The van der Waals surface area contributed by atoms with Crippen molar-refractivity contribution in [3.8, 4) is 0 Å². The lowest BCUT2D eigenvalue weighted by Gasteiger charge is -2.32. The molecule has 1 saturated heterocycles. The second-order valence-corrected chi connectivity index (χ2v) is 9.15. The number of hydrogen-bond acceptors (Lipinski definition) is 4. The summed E-state index contributed by atoms with van der Waals surface area (Å²) in [6.45, 7) is 11.2. The van der Waals surface area contributed by atoms with Crippen molar-refractivity contribution in [1.29, 1.82) is 0 Å². The molecule has 3 aromatic rings. The third-order valence-corrected chi connectivity index (χ3v) is 6.35. The van der Waals surface area contributed by atoms with Crippen LogP contribution in [0.3, 0.4) is 0 Å². The SMILES string of the molecule is CC(C)C(=O)O.CCOCCn1c(C2CCN(CCc3ccccc3)CC2)nc2ccccc21. The maximum Gasteiger partial charge on any atom is 0.305 e. The van der Waals surface area contributed by atoms with Gasteiger partial charge in [-0.3, -0.25) is 4.79 Å². The summed E-state index contributed by atoms with van der Waals surface area (Å²) in [7, 11) is 0. The molecule has 2 aromatic carbocycles. The molecule has 2 heterocycles. The van der Waals surface area contributed by atoms with Gasteiger partial charge < -0.3 is 19.3 Å². The maximum atomic E-state index is 9.70. The molecular weight excluding hydrogens is 426 g/mol. The van der Waals surface area contributed by atoms with E-state index in [2.05, 4.69) is 71.0 Å². The van der Waals surface area contributed by atoms with Crippen molar-refractivity contribution in [2.75, 3.05) is 32.8 Å². The number of benzene rings is 2. The van der Waals surface area contributed by atoms with E-state index < -0.39 is 5.97 Å². The van der Waals surface area contributed by atoms with Crippen molar-refractivity contribution in [3.05, 3.63) is 66.0 Å². The smallest absolute Gasteiger partial charge is 0.305 e. The number of aliphatic carboxylic acids is 1. The molecule has 1 aromatic heterocycles. The van der Waals surface area contributed by atoms with Crippen LogP contribution >= 0.6 is 0 Å². The zero-order valence-electron chi connectivity index (χ0n) is 20.8. The third kappa shape index (κ3) is 7.40. The molecule has 1 N–H and O–H groups in total. The zero-order chi connectivity index (χ0) is 24.3. The molecular formula is C28H39N3O3. The number of fused-ring (bicyclic) bond motifs is 1. The fourth-order valence-electron chi connectivity index (χ4n) is 4.29. The molecule has 0 aliphatic carbocycles. The van der Waals surface area contributed by atoms with Gasteiger partial charge in [0.1, 0.15) is 5.82 Å². The van der Waals surface area contributed by atoms with Crippen molar-refractivity contribution in [1.82, 2.24) is 14.5 Å². The van der Waals surface area contributed by atoms with E-state index in [-0.39, 0.29) is 5.92 Å². The standard InChI is InChI=1S/C24H31N3O.C4H8O2/c1-2-28-19-18-27-23-11-7-6-10-22(23)25-24(27)21-13-16-26(17-14-21)15-12-20-8-4-3-5-9-20;1-3(2)4(5)6/h3-11,21H,2,12-19H2,1H3;3H,1-2H3,(H,5,6). The van der Waals surface area contributed by atoms with Crippen LogP contribution in [-0.4, -0.2) is 58.4 Å². The minimum atomic E-state index is -0.741. The quantitative estimate of drug-likeness (QED) is 0.439. The minimum absolute atomic E-state index is 0.231. The van der Waals surface area contributed by atoms with Crippen LogP contribution in [0.15, 0.2) is 54.6 Å². The molecule has 0 amide bonds. The predicted octanol–water partition coefficient (Wildman–Crippen LogP) is 5.22. The summed E-state index contributed by atoms with van der Waals surface area (Å²) in [5.41, 5.74) is 3.78. The second-order valence-electron chi connectivity index (χ2n) is 9.15. The van der Waals surface area contributed by atoms with Crippen LogP contribution in [0.2, 0.25) is 0 Å². The number of carboxylic acid groups (broad SMARTS) is 1. The van der Waals surface area contributed by atoms with Crippen LogP contribution < -0.4 is 0 Å². The summed E-state index contributed by atoms with van der Waals surface area (Å²) in [6, 6.07) is 19.3. The van der Waals surface area contributed by atoms with Gasteiger partial charge in [-0.2, -0.15) is 0 Å². The van der Waals surface area contributed by atoms with Gasteiger partial charge in [0.05, 0.1) is 23.6 Å². The monoisotopic (exact) mass is 465 g/mol. The number of piperidine rings is 1. The molecule has 34 heavy (non-hydrogen) atoms. The Morgan fingerprint density at radius 2 is 1.71 bits per heavy atom. The van der Waals surface area contributed by atoms with Gasteiger partial charge in [-0.25, -0.2) is 4.98 Å². The zero-order valence-corrected chi connectivity index (χ0v) is 20.8. The van der Waals surface area contributed by atoms with Crippen LogP contribution in [0, 0.1) is 5.92 Å².